The lowest BCUT2D eigenvalue weighted by atomic mass is 9.84. The summed E-state index contributed by atoms with van der Waals surface area (Å²) in [6.07, 6.45) is 5.02. The molecule has 1 aromatic rings. The molecule has 23 heavy (non-hydrogen) atoms. The summed E-state index contributed by atoms with van der Waals surface area (Å²) in [6, 6.07) is 6.82. The van der Waals surface area contributed by atoms with Gasteiger partial charge in [0.2, 0.25) is 10.0 Å². The van der Waals surface area contributed by atoms with Crippen LogP contribution in [0.2, 0.25) is 0 Å². The first-order chi connectivity index (χ1) is 10.8. The number of hydrogen-bond donors (Lipinski definition) is 2. The number of rotatable bonds is 7. The number of benzene rings is 1. The Morgan fingerprint density at radius 2 is 1.78 bits per heavy atom. The van der Waals surface area contributed by atoms with Crippen molar-refractivity contribution in [2.24, 2.45) is 0 Å². The molecule has 1 fully saturated rings. The molecule has 1 aliphatic carbocycles. The lowest BCUT2D eigenvalue weighted by Crippen LogP contribution is -2.45. The van der Waals surface area contributed by atoms with Gasteiger partial charge in [0, 0.05) is 19.6 Å². The Balaban J connectivity index is 1.80. The van der Waals surface area contributed by atoms with Crippen LogP contribution in [-0.2, 0) is 10.0 Å². The summed E-state index contributed by atoms with van der Waals surface area (Å²) in [4.78, 5) is 2.29. The van der Waals surface area contributed by atoms with Crippen LogP contribution in [0.25, 0.3) is 0 Å². The molecule has 6 heteroatoms. The SMILES string of the molecule is Cc1ccc(S(=O)(=O)NCCN(C)CC2(O)CCCCC2)cc1. The molecule has 1 aliphatic rings. The first-order valence-corrected chi connectivity index (χ1v) is 9.76. The topological polar surface area (TPSA) is 69.6 Å². The highest BCUT2D eigenvalue weighted by Crippen LogP contribution is 2.28. The highest BCUT2D eigenvalue weighted by molar-refractivity contribution is 7.89. The Hall–Kier alpha value is -0.950. The predicted octanol–water partition coefficient (Wildman–Crippen LogP) is 1.90. The molecule has 2 N–H and O–H groups in total. The van der Waals surface area contributed by atoms with Crippen molar-refractivity contribution in [3.63, 3.8) is 0 Å². The van der Waals surface area contributed by atoms with Crippen LogP contribution < -0.4 is 4.72 Å². The minimum absolute atomic E-state index is 0.289. The van der Waals surface area contributed by atoms with E-state index in [4.69, 9.17) is 0 Å². The van der Waals surface area contributed by atoms with Gasteiger partial charge in [0.25, 0.3) is 0 Å². The minimum Gasteiger partial charge on any atom is -0.389 e. The smallest absolute Gasteiger partial charge is 0.240 e. The van der Waals surface area contributed by atoms with Gasteiger partial charge in [0.05, 0.1) is 10.5 Å². The van der Waals surface area contributed by atoms with Gasteiger partial charge in [-0.25, -0.2) is 13.1 Å². The van der Waals surface area contributed by atoms with E-state index in [1.54, 1.807) is 24.3 Å². The van der Waals surface area contributed by atoms with Crippen molar-refractivity contribution in [2.75, 3.05) is 26.7 Å². The van der Waals surface area contributed by atoms with Gasteiger partial charge < -0.3 is 10.0 Å². The number of aryl methyl sites for hydroxylation is 1. The fourth-order valence-electron chi connectivity index (χ4n) is 3.12. The standard InChI is InChI=1S/C17H28N2O3S/c1-15-6-8-16(9-7-15)23(21,22)18-12-13-19(2)14-17(20)10-4-3-5-11-17/h6-9,18,20H,3-5,10-14H2,1-2H3. The number of likely N-dealkylation sites (N-methyl/N-ethyl adjacent to an activating group) is 1. The first kappa shape index (κ1) is 18.4. The van der Waals surface area contributed by atoms with Gasteiger partial charge in [0.15, 0.2) is 0 Å². The summed E-state index contributed by atoms with van der Waals surface area (Å²) in [7, 11) is -1.54. The Morgan fingerprint density at radius 3 is 2.39 bits per heavy atom. The number of hydrogen-bond acceptors (Lipinski definition) is 4. The predicted molar refractivity (Wildman–Crippen MR) is 91.9 cm³/mol. The van der Waals surface area contributed by atoms with Crippen molar-refractivity contribution in [2.45, 2.75) is 49.5 Å². The second kappa shape index (κ2) is 7.75. The van der Waals surface area contributed by atoms with Gasteiger partial charge in [0.1, 0.15) is 0 Å². The van der Waals surface area contributed by atoms with E-state index >= 15 is 0 Å². The van der Waals surface area contributed by atoms with E-state index in [1.807, 2.05) is 18.9 Å². The number of nitrogens with one attached hydrogen (secondary N) is 1. The van der Waals surface area contributed by atoms with Crippen LogP contribution in [0.4, 0.5) is 0 Å². The fraction of sp³-hybridized carbons (Fsp3) is 0.647. The summed E-state index contributed by atoms with van der Waals surface area (Å²) in [5, 5.41) is 10.5. The van der Waals surface area contributed by atoms with Gasteiger partial charge >= 0.3 is 0 Å². The van der Waals surface area contributed by atoms with Crippen LogP contribution >= 0.6 is 0 Å². The molecule has 130 valence electrons. The van der Waals surface area contributed by atoms with Crippen LogP contribution in [0.5, 0.6) is 0 Å². The van der Waals surface area contributed by atoms with Crippen LogP contribution in [0, 0.1) is 6.92 Å². The van der Waals surface area contributed by atoms with Crippen molar-refractivity contribution in [1.29, 1.82) is 0 Å². The van der Waals surface area contributed by atoms with Gasteiger partial charge in [-0.05, 0) is 38.9 Å². The lowest BCUT2D eigenvalue weighted by Gasteiger charge is -2.35. The van der Waals surface area contributed by atoms with Gasteiger partial charge in [-0.2, -0.15) is 0 Å². The molecule has 0 unspecified atom stereocenters. The third-order valence-corrected chi connectivity index (χ3v) is 5.94. The van der Waals surface area contributed by atoms with Crippen molar-refractivity contribution in [1.82, 2.24) is 9.62 Å². The largest absolute Gasteiger partial charge is 0.389 e. The normalized spacial score (nSPS) is 18.3. The maximum absolute atomic E-state index is 12.2. The zero-order valence-electron chi connectivity index (χ0n) is 14.1. The van der Waals surface area contributed by atoms with Gasteiger partial charge in [-0.15, -0.1) is 0 Å². The Labute approximate surface area is 139 Å². The zero-order chi connectivity index (χ0) is 16.9. The van der Waals surface area contributed by atoms with Crippen molar-refractivity contribution < 1.29 is 13.5 Å². The molecule has 0 radical (unpaired) electrons. The number of sulfonamides is 1. The monoisotopic (exact) mass is 340 g/mol. The van der Waals surface area contributed by atoms with Gasteiger partial charge in [-0.3, -0.25) is 0 Å². The summed E-state index contributed by atoms with van der Waals surface area (Å²) in [5.41, 5.74) is 0.424. The Morgan fingerprint density at radius 1 is 1.17 bits per heavy atom. The minimum atomic E-state index is -3.46. The highest BCUT2D eigenvalue weighted by atomic mass is 32.2. The molecule has 0 spiro atoms. The molecule has 0 aliphatic heterocycles. The molecule has 5 nitrogen and oxygen atoms in total. The van der Waals surface area contributed by atoms with Crippen LogP contribution in [0.15, 0.2) is 29.2 Å². The highest BCUT2D eigenvalue weighted by Gasteiger charge is 2.30. The number of aliphatic hydroxyl groups is 1. The van der Waals surface area contributed by atoms with E-state index < -0.39 is 15.6 Å². The van der Waals surface area contributed by atoms with E-state index in [0.717, 1.165) is 31.2 Å². The van der Waals surface area contributed by atoms with Crippen molar-refractivity contribution in [3.05, 3.63) is 29.8 Å². The average molecular weight is 340 g/mol. The van der Waals surface area contributed by atoms with Crippen LogP contribution in [0.3, 0.4) is 0 Å². The van der Waals surface area contributed by atoms with E-state index in [9.17, 15) is 13.5 Å². The second-order valence-corrected chi connectivity index (χ2v) is 8.50. The van der Waals surface area contributed by atoms with Crippen LogP contribution in [-0.4, -0.2) is 50.7 Å². The average Bonchev–Trinajstić information content (AvgIpc) is 2.47. The molecule has 1 saturated carbocycles. The quantitative estimate of drug-likeness (QED) is 0.795. The molecular weight excluding hydrogens is 312 g/mol. The molecule has 2 rings (SSSR count). The third-order valence-electron chi connectivity index (χ3n) is 4.47. The molecule has 0 atom stereocenters. The van der Waals surface area contributed by atoms with E-state index in [-0.39, 0.29) is 4.90 Å². The first-order valence-electron chi connectivity index (χ1n) is 8.28. The summed E-state index contributed by atoms with van der Waals surface area (Å²) in [6.45, 7) is 3.43. The fourth-order valence-corrected chi connectivity index (χ4v) is 4.14. The zero-order valence-corrected chi connectivity index (χ0v) is 14.9. The maximum atomic E-state index is 12.2. The molecule has 0 bridgehead atoms. The molecule has 1 aromatic carbocycles. The maximum Gasteiger partial charge on any atom is 0.240 e. The van der Waals surface area contributed by atoms with E-state index in [1.165, 1.54) is 6.42 Å². The molecule has 0 amide bonds. The Kier molecular flexibility index (Phi) is 6.19. The summed E-state index contributed by atoms with van der Waals surface area (Å²) in [5.74, 6) is 0. The second-order valence-electron chi connectivity index (χ2n) is 6.73. The van der Waals surface area contributed by atoms with Crippen molar-refractivity contribution in [3.8, 4) is 0 Å². The third kappa shape index (κ3) is 5.57. The summed E-state index contributed by atoms with van der Waals surface area (Å²) < 4.78 is 27.0. The molecule has 0 heterocycles. The summed E-state index contributed by atoms with van der Waals surface area (Å²) >= 11 is 0. The number of nitrogens with zero attached hydrogens (tertiary/aromatic N) is 1. The molecule has 0 saturated heterocycles. The lowest BCUT2D eigenvalue weighted by molar-refractivity contribution is -0.0203. The van der Waals surface area contributed by atoms with E-state index in [2.05, 4.69) is 4.72 Å². The van der Waals surface area contributed by atoms with Crippen LogP contribution in [0.1, 0.15) is 37.7 Å². The van der Waals surface area contributed by atoms with Crippen molar-refractivity contribution >= 4 is 10.0 Å². The van der Waals surface area contributed by atoms with Gasteiger partial charge in [-0.1, -0.05) is 37.0 Å². The molecular formula is C17H28N2O3S. The molecule has 0 aromatic heterocycles. The van der Waals surface area contributed by atoms with E-state index in [0.29, 0.717) is 19.6 Å². The Bertz CT molecular complexity index is 593.